The molecule has 1 aliphatic rings. The molecule has 0 spiro atoms. The van der Waals surface area contributed by atoms with Gasteiger partial charge in [-0.3, -0.25) is 14.4 Å². The summed E-state index contributed by atoms with van der Waals surface area (Å²) in [6.07, 6.45) is -0.169. The Morgan fingerprint density at radius 2 is 1.54 bits per heavy atom. The van der Waals surface area contributed by atoms with E-state index in [0.29, 0.717) is 19.9 Å². The van der Waals surface area contributed by atoms with Crippen LogP contribution in [0.2, 0.25) is 10.0 Å². The highest BCUT2D eigenvalue weighted by molar-refractivity contribution is 7.90. The normalized spacial score (nSPS) is 14.9. The number of hydrogen-bond donors (Lipinski definition) is 1. The number of nitrogens with one attached hydrogen (secondary N) is 1. The highest BCUT2D eigenvalue weighted by atomic mass is 35.5. The third-order valence-corrected chi connectivity index (χ3v) is 9.15. The fourth-order valence-electron chi connectivity index (χ4n) is 4.65. The molecule has 3 aromatic carbocycles. The van der Waals surface area contributed by atoms with Gasteiger partial charge in [-0.2, -0.15) is 0 Å². The van der Waals surface area contributed by atoms with Gasteiger partial charge in [0, 0.05) is 47.1 Å². The third-order valence-electron chi connectivity index (χ3n) is 6.60. The van der Waals surface area contributed by atoms with Crippen LogP contribution in [-0.2, 0) is 32.6 Å². The van der Waals surface area contributed by atoms with Crippen molar-refractivity contribution in [2.75, 3.05) is 6.54 Å². The zero-order chi connectivity index (χ0) is 29.9. The number of sulfonamides is 1. The van der Waals surface area contributed by atoms with Gasteiger partial charge in [0.25, 0.3) is 15.9 Å². The van der Waals surface area contributed by atoms with E-state index in [-0.39, 0.29) is 36.4 Å². The average Bonchev–Trinajstić information content (AvgIpc) is 3.10. The minimum absolute atomic E-state index is 0.0613. The van der Waals surface area contributed by atoms with Crippen molar-refractivity contribution in [1.82, 2.24) is 14.5 Å². The van der Waals surface area contributed by atoms with E-state index in [4.69, 9.17) is 23.2 Å². The Morgan fingerprint density at radius 1 is 0.927 bits per heavy atom. The maximum atomic E-state index is 13.9. The Bertz CT molecular complexity index is 1550. The molecule has 1 heterocycles. The molecule has 8 nitrogen and oxygen atoms in total. The molecule has 3 aromatic rings. The smallest absolute Gasteiger partial charge is 0.269 e. The number of rotatable bonds is 9. The van der Waals surface area contributed by atoms with Crippen LogP contribution in [0.4, 0.5) is 0 Å². The Hall–Kier alpha value is -3.40. The molecule has 0 aromatic heterocycles. The molecule has 0 radical (unpaired) electrons. The molecule has 0 aliphatic carbocycles. The van der Waals surface area contributed by atoms with E-state index in [9.17, 15) is 22.8 Å². The van der Waals surface area contributed by atoms with Gasteiger partial charge in [-0.05, 0) is 50.6 Å². The van der Waals surface area contributed by atoms with Crippen LogP contribution in [0.15, 0.2) is 77.7 Å². The second-order valence-corrected chi connectivity index (χ2v) is 13.4. The van der Waals surface area contributed by atoms with E-state index in [1.165, 1.54) is 23.1 Å². The molecular formula is C30H31Cl2N3O5S. The van der Waals surface area contributed by atoms with Gasteiger partial charge in [0.15, 0.2) is 0 Å². The van der Waals surface area contributed by atoms with Crippen molar-refractivity contribution < 1.29 is 22.8 Å². The standard InChI is InChI=1S/C30H31Cl2N3O5S/c1-30(2,3)33-28(37)25(18-20-10-5-4-6-11-20)34(19-22-23(31)13-9-14-24(22)32)27(36)16-17-35-29(38)21-12-7-8-15-26(21)41(35,39)40/h4-15,25H,16-19H2,1-3H3,(H,33,37)/t25-/m1/s1. The van der Waals surface area contributed by atoms with Crippen molar-refractivity contribution >= 4 is 50.9 Å². The summed E-state index contributed by atoms with van der Waals surface area (Å²) in [5.74, 6) is -1.62. The molecule has 4 rings (SSSR count). The van der Waals surface area contributed by atoms with Crippen molar-refractivity contribution in [2.24, 2.45) is 0 Å². The zero-order valence-corrected chi connectivity index (χ0v) is 25.3. The monoisotopic (exact) mass is 615 g/mol. The van der Waals surface area contributed by atoms with Crippen molar-refractivity contribution in [1.29, 1.82) is 0 Å². The van der Waals surface area contributed by atoms with Crippen molar-refractivity contribution in [3.05, 3.63) is 99.5 Å². The number of carbonyl (C=O) groups excluding carboxylic acids is 3. The van der Waals surface area contributed by atoms with Gasteiger partial charge < -0.3 is 10.2 Å². The SMILES string of the molecule is CC(C)(C)NC(=O)[C@@H](Cc1ccccc1)N(Cc1c(Cl)cccc1Cl)C(=O)CCN1C(=O)c2ccccc2S1(=O)=O. The predicted molar refractivity (Wildman–Crippen MR) is 158 cm³/mol. The lowest BCUT2D eigenvalue weighted by Gasteiger charge is -2.34. The summed E-state index contributed by atoms with van der Waals surface area (Å²) in [4.78, 5) is 41.9. The first kappa shape index (κ1) is 30.6. The van der Waals surface area contributed by atoms with Crippen LogP contribution in [0.5, 0.6) is 0 Å². The maximum Gasteiger partial charge on any atom is 0.269 e. The summed E-state index contributed by atoms with van der Waals surface area (Å²) < 4.78 is 26.9. The molecule has 1 atom stereocenters. The summed E-state index contributed by atoms with van der Waals surface area (Å²) in [6, 6.07) is 19.1. The quantitative estimate of drug-likeness (QED) is 0.361. The van der Waals surface area contributed by atoms with Gasteiger partial charge in [-0.25, -0.2) is 12.7 Å². The van der Waals surface area contributed by atoms with E-state index >= 15 is 0 Å². The van der Waals surface area contributed by atoms with E-state index in [0.717, 1.165) is 5.56 Å². The molecular weight excluding hydrogens is 585 g/mol. The molecule has 11 heteroatoms. The van der Waals surface area contributed by atoms with Gasteiger partial charge in [-0.1, -0.05) is 71.7 Å². The lowest BCUT2D eigenvalue weighted by molar-refractivity contribution is -0.142. The van der Waals surface area contributed by atoms with E-state index in [1.54, 1.807) is 24.3 Å². The summed E-state index contributed by atoms with van der Waals surface area (Å²) in [6.45, 7) is 5.02. The minimum atomic E-state index is -4.11. The second-order valence-electron chi connectivity index (χ2n) is 10.8. The average molecular weight is 617 g/mol. The van der Waals surface area contributed by atoms with Crippen LogP contribution in [0.25, 0.3) is 0 Å². The molecule has 0 unspecified atom stereocenters. The Labute approximate surface area is 250 Å². The molecule has 1 aliphatic heterocycles. The van der Waals surface area contributed by atoms with E-state index in [2.05, 4.69) is 5.32 Å². The number of benzene rings is 3. The van der Waals surface area contributed by atoms with Gasteiger partial charge >= 0.3 is 0 Å². The molecule has 0 saturated carbocycles. The molecule has 0 bridgehead atoms. The lowest BCUT2D eigenvalue weighted by atomic mass is 10.0. The molecule has 3 amide bonds. The maximum absolute atomic E-state index is 13.9. The van der Waals surface area contributed by atoms with Crippen molar-refractivity contribution in [2.45, 2.75) is 56.6 Å². The Morgan fingerprint density at radius 3 is 2.15 bits per heavy atom. The third kappa shape index (κ3) is 6.92. The highest BCUT2D eigenvalue weighted by Gasteiger charge is 2.41. The van der Waals surface area contributed by atoms with Crippen LogP contribution in [0.3, 0.4) is 0 Å². The van der Waals surface area contributed by atoms with Crippen molar-refractivity contribution in [3.8, 4) is 0 Å². The van der Waals surface area contributed by atoms with E-state index in [1.807, 2.05) is 51.1 Å². The fraction of sp³-hybridized carbons (Fsp3) is 0.300. The Kier molecular flexibility index (Phi) is 9.11. The first-order valence-corrected chi connectivity index (χ1v) is 15.2. The molecule has 41 heavy (non-hydrogen) atoms. The number of hydrogen-bond acceptors (Lipinski definition) is 5. The van der Waals surface area contributed by atoms with Crippen LogP contribution in [0.1, 0.15) is 48.7 Å². The fourth-order valence-corrected chi connectivity index (χ4v) is 6.74. The summed E-state index contributed by atoms with van der Waals surface area (Å²) in [5.41, 5.74) is 0.733. The van der Waals surface area contributed by atoms with Gasteiger partial charge in [0.05, 0.1) is 5.56 Å². The zero-order valence-electron chi connectivity index (χ0n) is 22.9. The van der Waals surface area contributed by atoms with Gasteiger partial charge in [0.1, 0.15) is 10.9 Å². The molecule has 0 saturated heterocycles. The second kappa shape index (κ2) is 12.2. The summed E-state index contributed by atoms with van der Waals surface area (Å²) in [7, 11) is -4.11. The number of carbonyl (C=O) groups is 3. The first-order valence-electron chi connectivity index (χ1n) is 13.0. The molecule has 216 valence electrons. The van der Waals surface area contributed by atoms with Crippen LogP contribution in [0, 0.1) is 0 Å². The summed E-state index contributed by atoms with van der Waals surface area (Å²) in [5, 5.41) is 3.59. The van der Waals surface area contributed by atoms with Crippen LogP contribution >= 0.6 is 23.2 Å². The van der Waals surface area contributed by atoms with Crippen LogP contribution < -0.4 is 5.32 Å². The van der Waals surface area contributed by atoms with Gasteiger partial charge in [-0.15, -0.1) is 0 Å². The number of amides is 3. The number of nitrogens with zero attached hydrogens (tertiary/aromatic N) is 2. The van der Waals surface area contributed by atoms with Gasteiger partial charge in [0.2, 0.25) is 11.8 Å². The predicted octanol–water partition coefficient (Wildman–Crippen LogP) is 5.08. The number of halogens is 2. The topological polar surface area (TPSA) is 104 Å². The van der Waals surface area contributed by atoms with Crippen molar-refractivity contribution in [3.63, 3.8) is 0 Å². The largest absolute Gasteiger partial charge is 0.350 e. The lowest BCUT2D eigenvalue weighted by Crippen LogP contribution is -2.54. The number of fused-ring (bicyclic) bond motifs is 1. The van der Waals surface area contributed by atoms with E-state index < -0.39 is 39.3 Å². The Balaban J connectivity index is 1.69. The summed E-state index contributed by atoms with van der Waals surface area (Å²) >= 11 is 12.9. The van der Waals surface area contributed by atoms with Crippen LogP contribution in [-0.4, -0.2) is 53.5 Å². The minimum Gasteiger partial charge on any atom is -0.350 e. The highest BCUT2D eigenvalue weighted by Crippen LogP contribution is 2.31. The molecule has 0 fully saturated rings. The first-order chi connectivity index (χ1) is 19.3. The molecule has 1 N–H and O–H groups in total.